The molecular weight excluding hydrogens is 328 g/mol. The van der Waals surface area contributed by atoms with Crippen molar-refractivity contribution >= 4 is 27.4 Å². The van der Waals surface area contributed by atoms with Gasteiger partial charge in [-0.15, -0.1) is 0 Å². The van der Waals surface area contributed by atoms with Gasteiger partial charge in [0.2, 0.25) is 0 Å². The zero-order valence-electron chi connectivity index (χ0n) is 13.1. The fraction of sp³-hybridized carbons (Fsp3) is 0.643. The van der Waals surface area contributed by atoms with Gasteiger partial charge in [-0.3, -0.25) is 4.18 Å². The Morgan fingerprint density at radius 2 is 2.18 bits per heavy atom. The van der Waals surface area contributed by atoms with E-state index < -0.39 is 22.3 Å². The van der Waals surface area contributed by atoms with Crippen LogP contribution in [0.25, 0.3) is 0 Å². The summed E-state index contributed by atoms with van der Waals surface area (Å²) >= 11 is 6.23. The number of rotatable bonds is 4. The second kappa shape index (κ2) is 5.63. The molecule has 124 valence electrons. The van der Waals surface area contributed by atoms with Gasteiger partial charge in [-0.05, 0) is 30.4 Å². The monoisotopic (exact) mass is 348 g/mol. The van der Waals surface area contributed by atoms with Crippen LogP contribution in [0.2, 0.25) is 5.15 Å². The summed E-state index contributed by atoms with van der Waals surface area (Å²) in [6.45, 7) is 6.02. The van der Waals surface area contributed by atoms with Gasteiger partial charge < -0.3 is 10.4 Å². The standard InChI is InChI=1S/C14H21ClN2O4S/c1-13(2)5-6-16-11-9(13)7-10(17-12(11)15)14(3,18)8-21-22(4,19)20/h7,16,18H,5-6,8H2,1-4H3. The number of aromatic nitrogens is 1. The lowest BCUT2D eigenvalue weighted by atomic mass is 9.78. The van der Waals surface area contributed by atoms with Gasteiger partial charge in [-0.1, -0.05) is 25.4 Å². The van der Waals surface area contributed by atoms with Crippen molar-refractivity contribution in [1.82, 2.24) is 4.98 Å². The topological polar surface area (TPSA) is 88.5 Å². The van der Waals surface area contributed by atoms with E-state index in [4.69, 9.17) is 15.8 Å². The molecule has 0 fully saturated rings. The normalized spacial score (nSPS) is 19.9. The first kappa shape index (κ1) is 17.5. The van der Waals surface area contributed by atoms with Crippen molar-refractivity contribution in [2.24, 2.45) is 0 Å². The number of aliphatic hydroxyl groups is 1. The third-order valence-electron chi connectivity index (χ3n) is 3.86. The van der Waals surface area contributed by atoms with Gasteiger partial charge in [-0.2, -0.15) is 8.42 Å². The molecule has 2 N–H and O–H groups in total. The second-order valence-electron chi connectivity index (χ2n) is 6.52. The van der Waals surface area contributed by atoms with E-state index in [2.05, 4.69) is 24.1 Å². The summed E-state index contributed by atoms with van der Waals surface area (Å²) in [5.74, 6) is 0. The minimum atomic E-state index is -3.65. The van der Waals surface area contributed by atoms with Gasteiger partial charge in [0.05, 0.1) is 17.6 Å². The van der Waals surface area contributed by atoms with Crippen molar-refractivity contribution in [3.8, 4) is 0 Å². The quantitative estimate of drug-likeness (QED) is 0.639. The minimum Gasteiger partial charge on any atom is -0.382 e. The molecule has 6 nitrogen and oxygen atoms in total. The van der Waals surface area contributed by atoms with E-state index in [-0.39, 0.29) is 16.3 Å². The van der Waals surface area contributed by atoms with Crippen molar-refractivity contribution in [2.45, 2.75) is 38.2 Å². The van der Waals surface area contributed by atoms with Crippen molar-refractivity contribution in [3.05, 3.63) is 22.5 Å². The van der Waals surface area contributed by atoms with E-state index in [1.54, 1.807) is 6.07 Å². The Hall–Kier alpha value is -0.890. The van der Waals surface area contributed by atoms with Gasteiger partial charge in [0.25, 0.3) is 10.1 Å². The fourth-order valence-corrected chi connectivity index (χ4v) is 3.13. The number of halogens is 1. The van der Waals surface area contributed by atoms with Gasteiger partial charge in [0, 0.05) is 6.54 Å². The predicted octanol–water partition coefficient (Wildman–Crippen LogP) is 2.01. The van der Waals surface area contributed by atoms with Gasteiger partial charge in [0.1, 0.15) is 12.2 Å². The summed E-state index contributed by atoms with van der Waals surface area (Å²) in [5.41, 5.74) is 0.330. The summed E-state index contributed by atoms with van der Waals surface area (Å²) in [6.07, 6.45) is 1.85. The van der Waals surface area contributed by atoms with Gasteiger partial charge >= 0.3 is 0 Å². The largest absolute Gasteiger partial charge is 0.382 e. The first-order chi connectivity index (χ1) is 9.92. The summed E-state index contributed by atoms with van der Waals surface area (Å²) < 4.78 is 27.0. The highest BCUT2D eigenvalue weighted by molar-refractivity contribution is 7.85. The van der Waals surface area contributed by atoms with Crippen LogP contribution in [0.1, 0.15) is 38.4 Å². The van der Waals surface area contributed by atoms with Crippen LogP contribution in [0.3, 0.4) is 0 Å². The molecule has 0 aromatic carbocycles. The van der Waals surface area contributed by atoms with Gasteiger partial charge in [0.15, 0.2) is 5.15 Å². The lowest BCUT2D eigenvalue weighted by Gasteiger charge is -2.35. The first-order valence-electron chi connectivity index (χ1n) is 6.94. The maximum absolute atomic E-state index is 11.1. The van der Waals surface area contributed by atoms with Crippen molar-refractivity contribution in [1.29, 1.82) is 0 Å². The van der Waals surface area contributed by atoms with Crippen molar-refractivity contribution in [2.75, 3.05) is 24.7 Å². The third kappa shape index (κ3) is 3.71. The Morgan fingerprint density at radius 3 is 2.77 bits per heavy atom. The van der Waals surface area contributed by atoms with Crippen LogP contribution in [0.15, 0.2) is 6.07 Å². The molecule has 2 heterocycles. The maximum atomic E-state index is 11.1. The molecule has 22 heavy (non-hydrogen) atoms. The lowest BCUT2D eigenvalue weighted by molar-refractivity contribution is 0.00622. The van der Waals surface area contributed by atoms with E-state index >= 15 is 0 Å². The van der Waals surface area contributed by atoms with Crippen molar-refractivity contribution < 1.29 is 17.7 Å². The molecular formula is C14H21ClN2O4S. The second-order valence-corrected chi connectivity index (χ2v) is 8.52. The van der Waals surface area contributed by atoms with Crippen LogP contribution in [0.5, 0.6) is 0 Å². The Labute approximate surface area is 136 Å². The first-order valence-corrected chi connectivity index (χ1v) is 9.14. The average Bonchev–Trinajstić information content (AvgIpc) is 2.36. The smallest absolute Gasteiger partial charge is 0.264 e. The number of anilines is 1. The molecule has 8 heteroatoms. The van der Waals surface area contributed by atoms with E-state index in [1.165, 1.54) is 6.92 Å². The third-order valence-corrected chi connectivity index (χ3v) is 4.68. The summed E-state index contributed by atoms with van der Waals surface area (Å²) in [5, 5.41) is 14.0. The number of fused-ring (bicyclic) bond motifs is 1. The van der Waals surface area contributed by atoms with Crippen molar-refractivity contribution in [3.63, 3.8) is 0 Å². The molecule has 1 aromatic heterocycles. The van der Waals surface area contributed by atoms with Crippen LogP contribution in [0, 0.1) is 0 Å². The van der Waals surface area contributed by atoms with E-state index in [0.717, 1.165) is 30.5 Å². The minimum absolute atomic E-state index is 0.115. The number of hydrogen-bond donors (Lipinski definition) is 2. The average molecular weight is 349 g/mol. The molecule has 0 aliphatic carbocycles. The molecule has 1 aliphatic heterocycles. The predicted molar refractivity (Wildman–Crippen MR) is 85.7 cm³/mol. The molecule has 0 radical (unpaired) electrons. The molecule has 0 spiro atoms. The van der Waals surface area contributed by atoms with Crippen LogP contribution in [0.4, 0.5) is 5.69 Å². The molecule has 0 saturated carbocycles. The SMILES string of the molecule is CC1(C)CCNc2c1cc(C(C)(O)COS(C)(=O)=O)nc2Cl. The van der Waals surface area contributed by atoms with Crippen LogP contribution < -0.4 is 5.32 Å². The Kier molecular flexibility index (Phi) is 4.47. The fourth-order valence-electron chi connectivity index (χ4n) is 2.42. The number of pyridine rings is 1. The zero-order valence-corrected chi connectivity index (χ0v) is 14.7. The summed E-state index contributed by atoms with van der Waals surface area (Å²) in [7, 11) is -3.65. The Morgan fingerprint density at radius 1 is 1.55 bits per heavy atom. The highest BCUT2D eigenvalue weighted by atomic mass is 35.5. The molecule has 0 saturated heterocycles. The van der Waals surface area contributed by atoms with Crippen LogP contribution in [-0.2, 0) is 25.3 Å². The zero-order chi connectivity index (χ0) is 16.8. The summed E-state index contributed by atoms with van der Waals surface area (Å²) in [6, 6.07) is 1.76. The highest BCUT2D eigenvalue weighted by Gasteiger charge is 2.34. The van der Waals surface area contributed by atoms with E-state index in [0.29, 0.717) is 0 Å². The van der Waals surface area contributed by atoms with Crippen LogP contribution >= 0.6 is 11.6 Å². The molecule has 2 rings (SSSR count). The molecule has 1 unspecified atom stereocenters. The van der Waals surface area contributed by atoms with Crippen LogP contribution in [-0.4, -0.2) is 37.9 Å². The van der Waals surface area contributed by atoms with Gasteiger partial charge in [-0.25, -0.2) is 4.98 Å². The van der Waals surface area contributed by atoms with E-state index in [1.807, 2.05) is 0 Å². The molecule has 0 bridgehead atoms. The highest BCUT2D eigenvalue weighted by Crippen LogP contribution is 2.41. The number of hydrogen-bond acceptors (Lipinski definition) is 6. The Balaban J connectivity index is 2.42. The number of nitrogens with one attached hydrogen (secondary N) is 1. The Bertz CT molecular complexity index is 686. The van der Waals surface area contributed by atoms with E-state index in [9.17, 15) is 13.5 Å². The molecule has 1 aliphatic rings. The summed E-state index contributed by atoms with van der Waals surface area (Å²) in [4.78, 5) is 4.20. The lowest BCUT2D eigenvalue weighted by Crippen LogP contribution is -2.33. The number of nitrogens with zero attached hydrogens (tertiary/aromatic N) is 1. The molecule has 1 aromatic rings. The molecule has 0 amide bonds. The molecule has 1 atom stereocenters. The maximum Gasteiger partial charge on any atom is 0.264 e.